The van der Waals surface area contributed by atoms with Crippen molar-refractivity contribution in [3.8, 4) is 5.69 Å². The van der Waals surface area contributed by atoms with Crippen LogP contribution >= 0.6 is 0 Å². The van der Waals surface area contributed by atoms with Gasteiger partial charge in [0.2, 0.25) is 0 Å². The number of aryl methyl sites for hydroxylation is 1. The van der Waals surface area contributed by atoms with Crippen LogP contribution in [0, 0.1) is 6.92 Å². The molecule has 0 unspecified atom stereocenters. The first kappa shape index (κ1) is 14.4. The number of halogens is 3. The van der Waals surface area contributed by atoms with Crippen molar-refractivity contribution in [3.05, 3.63) is 35.0 Å². The second-order valence-electron chi connectivity index (χ2n) is 4.92. The molecule has 2 rings (SSSR count). The zero-order valence-corrected chi connectivity index (χ0v) is 11.4. The highest BCUT2D eigenvalue weighted by Crippen LogP contribution is 2.33. The van der Waals surface area contributed by atoms with E-state index in [4.69, 9.17) is 5.73 Å². The Morgan fingerprint density at radius 2 is 1.90 bits per heavy atom. The van der Waals surface area contributed by atoms with Gasteiger partial charge in [-0.05, 0) is 30.5 Å². The molecule has 0 fully saturated rings. The summed E-state index contributed by atoms with van der Waals surface area (Å²) in [6.07, 6.45) is -4.40. The molecule has 0 atom stereocenters. The first-order valence-corrected chi connectivity index (χ1v) is 6.11. The molecule has 2 N–H and O–H groups in total. The number of alkyl halides is 3. The van der Waals surface area contributed by atoms with Crippen LogP contribution in [-0.2, 0) is 6.18 Å². The summed E-state index contributed by atoms with van der Waals surface area (Å²) < 4.78 is 40.2. The fraction of sp³-hybridized carbons (Fsp3) is 0.385. The molecule has 108 valence electrons. The van der Waals surface area contributed by atoms with Crippen LogP contribution in [0.2, 0.25) is 0 Å². The van der Waals surface area contributed by atoms with Gasteiger partial charge in [0.05, 0.1) is 16.9 Å². The van der Waals surface area contributed by atoms with Crippen LogP contribution in [0.5, 0.6) is 0 Å². The normalized spacial score (nSPS) is 12.2. The third-order valence-corrected chi connectivity index (χ3v) is 3.05. The molecule has 2 aromatic rings. The Kier molecular flexibility index (Phi) is 3.45. The number of anilines is 1. The summed E-state index contributed by atoms with van der Waals surface area (Å²) in [5.41, 5.74) is 6.10. The predicted octanol–water partition coefficient (Wildman–Crippen LogP) is 3.30. The fourth-order valence-corrected chi connectivity index (χ4v) is 2.08. The summed E-state index contributed by atoms with van der Waals surface area (Å²) in [7, 11) is 0. The van der Waals surface area contributed by atoms with Gasteiger partial charge >= 0.3 is 6.18 Å². The first-order valence-electron chi connectivity index (χ1n) is 6.11. The van der Waals surface area contributed by atoms with E-state index in [9.17, 15) is 13.2 Å². The Balaban J connectivity index is 2.60. The lowest BCUT2D eigenvalue weighted by atomic mass is 10.1. The summed E-state index contributed by atoms with van der Waals surface area (Å²) in [4.78, 5) is 0. The zero-order valence-electron chi connectivity index (χ0n) is 11.4. The molecule has 1 aromatic carbocycles. The average Bonchev–Trinajstić information content (AvgIpc) is 2.70. The van der Waals surface area contributed by atoms with Crippen molar-refractivity contribution in [1.29, 1.82) is 0 Å². The molecule has 0 radical (unpaired) electrons. The topological polar surface area (TPSA) is 56.7 Å². The molecule has 1 aromatic heterocycles. The van der Waals surface area contributed by atoms with Gasteiger partial charge in [0, 0.05) is 0 Å². The number of nitrogens with two attached hydrogens (primary N) is 1. The van der Waals surface area contributed by atoms with Crippen molar-refractivity contribution in [1.82, 2.24) is 15.0 Å². The van der Waals surface area contributed by atoms with Crippen LogP contribution < -0.4 is 5.73 Å². The van der Waals surface area contributed by atoms with E-state index in [1.165, 1.54) is 17.7 Å². The summed E-state index contributed by atoms with van der Waals surface area (Å²) in [5.74, 6) is 0.231. The fourth-order valence-electron chi connectivity index (χ4n) is 2.08. The van der Waals surface area contributed by atoms with Gasteiger partial charge in [0.15, 0.2) is 5.82 Å². The maximum atomic E-state index is 12.9. The van der Waals surface area contributed by atoms with Gasteiger partial charge in [0.1, 0.15) is 0 Å². The molecule has 0 bridgehead atoms. The standard InChI is InChI=1S/C13H15F3N4/c1-7(2)11-12(17)18-19-20(11)9-5-4-8(3)10(6-9)13(14,15)16/h4-7H,17H2,1-3H3. The minimum atomic E-state index is -4.40. The van der Waals surface area contributed by atoms with E-state index in [0.29, 0.717) is 11.4 Å². The molecule has 0 amide bonds. The van der Waals surface area contributed by atoms with Crippen molar-refractivity contribution in [2.75, 3.05) is 5.73 Å². The highest BCUT2D eigenvalue weighted by atomic mass is 19.4. The summed E-state index contributed by atoms with van der Waals surface area (Å²) in [6, 6.07) is 4.06. The smallest absolute Gasteiger partial charge is 0.381 e. The Hall–Kier alpha value is -2.05. The molecule has 0 aliphatic heterocycles. The summed E-state index contributed by atoms with van der Waals surface area (Å²) in [6.45, 7) is 5.18. The van der Waals surface area contributed by atoms with Crippen molar-refractivity contribution < 1.29 is 13.2 Å². The van der Waals surface area contributed by atoms with Crippen molar-refractivity contribution in [3.63, 3.8) is 0 Å². The summed E-state index contributed by atoms with van der Waals surface area (Å²) >= 11 is 0. The van der Waals surface area contributed by atoms with Gasteiger partial charge < -0.3 is 5.73 Å². The number of hydrogen-bond acceptors (Lipinski definition) is 3. The third-order valence-electron chi connectivity index (χ3n) is 3.05. The SMILES string of the molecule is Cc1ccc(-n2nnc(N)c2C(C)C)cc1C(F)(F)F. The molecule has 20 heavy (non-hydrogen) atoms. The van der Waals surface area contributed by atoms with E-state index in [2.05, 4.69) is 10.3 Å². The number of hydrogen-bond donors (Lipinski definition) is 1. The van der Waals surface area contributed by atoms with Crippen molar-refractivity contribution in [2.45, 2.75) is 32.9 Å². The highest BCUT2D eigenvalue weighted by molar-refractivity contribution is 5.46. The molecule has 0 saturated heterocycles. The molecule has 0 spiro atoms. The molecule has 1 heterocycles. The van der Waals surface area contributed by atoms with Crippen LogP contribution in [0.4, 0.5) is 19.0 Å². The molecule has 7 heteroatoms. The Morgan fingerprint density at radius 1 is 1.25 bits per heavy atom. The van der Waals surface area contributed by atoms with Gasteiger partial charge in [-0.1, -0.05) is 25.1 Å². The highest BCUT2D eigenvalue weighted by Gasteiger charge is 2.33. The van der Waals surface area contributed by atoms with E-state index < -0.39 is 11.7 Å². The second kappa shape index (κ2) is 4.81. The van der Waals surface area contributed by atoms with Crippen molar-refractivity contribution >= 4 is 5.82 Å². The largest absolute Gasteiger partial charge is 0.416 e. The second-order valence-corrected chi connectivity index (χ2v) is 4.92. The molecule has 4 nitrogen and oxygen atoms in total. The van der Waals surface area contributed by atoms with Crippen molar-refractivity contribution in [2.24, 2.45) is 0 Å². The number of rotatable bonds is 2. The number of aromatic nitrogens is 3. The lowest BCUT2D eigenvalue weighted by molar-refractivity contribution is -0.138. The third kappa shape index (κ3) is 2.48. The molecule has 0 saturated carbocycles. The molecular weight excluding hydrogens is 269 g/mol. The van der Waals surface area contributed by atoms with Crippen LogP contribution in [0.1, 0.15) is 36.6 Å². The Bertz CT molecular complexity index is 629. The van der Waals surface area contributed by atoms with Crippen LogP contribution in [0.25, 0.3) is 5.69 Å². The van der Waals surface area contributed by atoms with Gasteiger partial charge in [-0.25, -0.2) is 4.68 Å². The van der Waals surface area contributed by atoms with Crippen LogP contribution in [0.3, 0.4) is 0 Å². The van der Waals surface area contributed by atoms with E-state index in [1.54, 1.807) is 6.07 Å². The quantitative estimate of drug-likeness (QED) is 0.920. The van der Waals surface area contributed by atoms with E-state index in [0.717, 1.165) is 6.07 Å². The minimum absolute atomic E-state index is 0.000592. The van der Waals surface area contributed by atoms with Crippen LogP contribution in [-0.4, -0.2) is 15.0 Å². The van der Waals surface area contributed by atoms with Crippen LogP contribution in [0.15, 0.2) is 18.2 Å². The molecular formula is C13H15F3N4. The number of nitrogens with zero attached hydrogens (tertiary/aromatic N) is 3. The average molecular weight is 284 g/mol. The maximum Gasteiger partial charge on any atom is 0.416 e. The van der Waals surface area contributed by atoms with E-state index in [-0.39, 0.29) is 17.3 Å². The minimum Gasteiger partial charge on any atom is -0.381 e. The molecule has 0 aliphatic carbocycles. The zero-order chi connectivity index (χ0) is 15.1. The number of benzene rings is 1. The van der Waals surface area contributed by atoms with Gasteiger partial charge in [0.25, 0.3) is 0 Å². The first-order chi connectivity index (χ1) is 9.21. The maximum absolute atomic E-state index is 12.9. The predicted molar refractivity (Wildman–Crippen MR) is 69.6 cm³/mol. The summed E-state index contributed by atoms with van der Waals surface area (Å²) in [5, 5.41) is 7.57. The lowest BCUT2D eigenvalue weighted by Gasteiger charge is -2.14. The monoisotopic (exact) mass is 284 g/mol. The van der Waals surface area contributed by atoms with Gasteiger partial charge in [-0.2, -0.15) is 13.2 Å². The van der Waals surface area contributed by atoms with Gasteiger partial charge in [-0.15, -0.1) is 5.10 Å². The number of nitrogen functional groups attached to an aromatic ring is 1. The van der Waals surface area contributed by atoms with E-state index in [1.807, 2.05) is 13.8 Å². The Morgan fingerprint density at radius 3 is 2.45 bits per heavy atom. The van der Waals surface area contributed by atoms with Gasteiger partial charge in [-0.3, -0.25) is 0 Å². The van der Waals surface area contributed by atoms with E-state index >= 15 is 0 Å². The Labute approximate surface area is 114 Å². The molecule has 0 aliphatic rings. The lowest BCUT2D eigenvalue weighted by Crippen LogP contribution is -2.11.